The number of hydrogen-bond acceptors (Lipinski definition) is 2. The van der Waals surface area contributed by atoms with E-state index in [4.69, 9.17) is 28.9 Å². The first kappa shape index (κ1) is 15.3. The van der Waals surface area contributed by atoms with Gasteiger partial charge in [0.2, 0.25) is 0 Å². The highest BCUT2D eigenvalue weighted by Crippen LogP contribution is 2.32. The van der Waals surface area contributed by atoms with Crippen molar-refractivity contribution in [2.24, 2.45) is 11.7 Å². The minimum atomic E-state index is -0.513. The molecule has 0 amide bonds. The van der Waals surface area contributed by atoms with Crippen LogP contribution < -0.4 is 5.73 Å². The first-order valence-electron chi connectivity index (χ1n) is 6.34. The predicted octanol–water partition coefficient (Wildman–Crippen LogP) is 4.22. The van der Waals surface area contributed by atoms with Crippen molar-refractivity contribution in [3.63, 3.8) is 0 Å². The normalized spacial score (nSPS) is 12.9. The summed E-state index contributed by atoms with van der Waals surface area (Å²) in [5.41, 5.74) is 6.95. The van der Waals surface area contributed by atoms with Gasteiger partial charge in [-0.05, 0) is 18.1 Å². The molecule has 2 aromatic rings. The van der Waals surface area contributed by atoms with E-state index in [-0.39, 0.29) is 10.9 Å². The van der Waals surface area contributed by atoms with E-state index in [9.17, 15) is 4.39 Å². The molecule has 6 heteroatoms. The number of hydrogen-bond donors (Lipinski definition) is 2. The molecule has 0 saturated carbocycles. The van der Waals surface area contributed by atoms with Gasteiger partial charge in [0.25, 0.3) is 0 Å². The number of H-pyrrole nitrogens is 1. The SMILES string of the molecule is CC(C)C(CN)c1ncc(-c2cc(F)c(Cl)cc2Cl)[nH]1. The Bertz CT molecular complexity index is 610. The lowest BCUT2D eigenvalue weighted by atomic mass is 9.95. The molecular formula is C14H16Cl2FN3. The summed E-state index contributed by atoms with van der Waals surface area (Å²) in [5, 5.41) is 0.376. The van der Waals surface area contributed by atoms with Crippen LogP contribution in [-0.4, -0.2) is 16.5 Å². The van der Waals surface area contributed by atoms with E-state index in [2.05, 4.69) is 23.8 Å². The Morgan fingerprint density at radius 1 is 1.30 bits per heavy atom. The molecule has 0 fully saturated rings. The maximum absolute atomic E-state index is 13.6. The summed E-state index contributed by atoms with van der Waals surface area (Å²) in [4.78, 5) is 7.49. The largest absolute Gasteiger partial charge is 0.342 e. The van der Waals surface area contributed by atoms with E-state index in [1.807, 2.05) is 0 Å². The van der Waals surface area contributed by atoms with Crippen molar-refractivity contribution in [2.45, 2.75) is 19.8 Å². The molecule has 0 saturated heterocycles. The van der Waals surface area contributed by atoms with Gasteiger partial charge in [0.05, 0.1) is 21.9 Å². The zero-order valence-electron chi connectivity index (χ0n) is 11.3. The number of imidazole rings is 1. The lowest BCUT2D eigenvalue weighted by Crippen LogP contribution is -2.19. The van der Waals surface area contributed by atoms with Crippen LogP contribution in [0, 0.1) is 11.7 Å². The van der Waals surface area contributed by atoms with E-state index >= 15 is 0 Å². The lowest BCUT2D eigenvalue weighted by Gasteiger charge is -2.15. The maximum atomic E-state index is 13.6. The highest BCUT2D eigenvalue weighted by molar-refractivity contribution is 6.36. The van der Waals surface area contributed by atoms with Crippen LogP contribution >= 0.6 is 23.2 Å². The third kappa shape index (κ3) is 2.97. The molecule has 0 bridgehead atoms. The van der Waals surface area contributed by atoms with Gasteiger partial charge in [-0.15, -0.1) is 0 Å². The molecule has 0 aliphatic rings. The standard InChI is InChI=1S/C14H16Cl2FN3/c1-7(2)9(5-18)14-19-6-13(20-14)8-3-12(17)11(16)4-10(8)15/h3-4,6-7,9H,5,18H2,1-2H3,(H,19,20). The minimum absolute atomic E-state index is 0.000467. The van der Waals surface area contributed by atoms with E-state index < -0.39 is 5.82 Å². The lowest BCUT2D eigenvalue weighted by molar-refractivity contribution is 0.487. The van der Waals surface area contributed by atoms with Gasteiger partial charge in [0.1, 0.15) is 11.6 Å². The molecule has 3 nitrogen and oxygen atoms in total. The highest BCUT2D eigenvalue weighted by Gasteiger charge is 2.19. The first-order valence-corrected chi connectivity index (χ1v) is 7.09. The van der Waals surface area contributed by atoms with Gasteiger partial charge in [0.15, 0.2) is 0 Å². The fourth-order valence-electron chi connectivity index (χ4n) is 2.09. The molecule has 1 atom stereocenters. The Morgan fingerprint density at radius 3 is 2.60 bits per heavy atom. The summed E-state index contributed by atoms with van der Waals surface area (Å²) in [5.74, 6) is 0.751. The molecule has 1 aromatic heterocycles. The predicted molar refractivity (Wildman–Crippen MR) is 80.6 cm³/mol. The van der Waals surface area contributed by atoms with Crippen LogP contribution in [0.25, 0.3) is 11.3 Å². The van der Waals surface area contributed by atoms with Gasteiger partial charge < -0.3 is 10.7 Å². The number of aromatic amines is 1. The van der Waals surface area contributed by atoms with Gasteiger partial charge >= 0.3 is 0 Å². The summed E-state index contributed by atoms with van der Waals surface area (Å²) < 4.78 is 13.6. The van der Waals surface area contributed by atoms with Crippen molar-refractivity contribution in [3.8, 4) is 11.3 Å². The number of aromatic nitrogens is 2. The third-order valence-corrected chi connectivity index (χ3v) is 3.91. The number of nitrogens with zero attached hydrogens (tertiary/aromatic N) is 1. The van der Waals surface area contributed by atoms with Gasteiger partial charge in [-0.3, -0.25) is 0 Å². The molecular weight excluding hydrogens is 300 g/mol. The molecule has 20 heavy (non-hydrogen) atoms. The number of benzene rings is 1. The van der Waals surface area contributed by atoms with Crippen molar-refractivity contribution in [2.75, 3.05) is 6.54 Å². The monoisotopic (exact) mass is 315 g/mol. The topological polar surface area (TPSA) is 54.7 Å². The fraction of sp³-hybridized carbons (Fsp3) is 0.357. The van der Waals surface area contributed by atoms with Crippen LogP contribution in [-0.2, 0) is 0 Å². The van der Waals surface area contributed by atoms with Crippen LogP contribution in [0.15, 0.2) is 18.3 Å². The van der Waals surface area contributed by atoms with E-state index in [1.54, 1.807) is 6.20 Å². The quantitative estimate of drug-likeness (QED) is 0.830. The number of rotatable bonds is 4. The Hall–Kier alpha value is -1.10. The van der Waals surface area contributed by atoms with Crippen LogP contribution in [0.4, 0.5) is 4.39 Å². The molecule has 1 aromatic carbocycles. The van der Waals surface area contributed by atoms with Crippen molar-refractivity contribution in [1.82, 2.24) is 9.97 Å². The molecule has 108 valence electrons. The van der Waals surface area contributed by atoms with E-state index in [0.717, 1.165) is 5.82 Å². The molecule has 1 unspecified atom stereocenters. The average molecular weight is 316 g/mol. The number of halogens is 3. The van der Waals surface area contributed by atoms with Crippen molar-refractivity contribution in [3.05, 3.63) is 40.0 Å². The summed E-state index contributed by atoms with van der Waals surface area (Å²) in [6.45, 7) is 4.65. The third-order valence-electron chi connectivity index (χ3n) is 3.31. The molecule has 3 N–H and O–H groups in total. The van der Waals surface area contributed by atoms with Gasteiger partial charge in [-0.25, -0.2) is 9.37 Å². The summed E-state index contributed by atoms with van der Waals surface area (Å²) in [6.07, 6.45) is 1.63. The zero-order valence-corrected chi connectivity index (χ0v) is 12.8. The second-order valence-electron chi connectivity index (χ2n) is 5.01. The molecule has 0 spiro atoms. The minimum Gasteiger partial charge on any atom is -0.342 e. The van der Waals surface area contributed by atoms with Gasteiger partial charge in [-0.2, -0.15) is 0 Å². The first-order chi connectivity index (χ1) is 9.43. The maximum Gasteiger partial charge on any atom is 0.142 e. The van der Waals surface area contributed by atoms with Crippen LogP contribution in [0.3, 0.4) is 0 Å². The van der Waals surface area contributed by atoms with Crippen molar-refractivity contribution in [1.29, 1.82) is 0 Å². The summed E-state index contributed by atoms with van der Waals surface area (Å²) >= 11 is 11.8. The average Bonchev–Trinajstić information content (AvgIpc) is 2.83. The van der Waals surface area contributed by atoms with E-state index in [0.29, 0.717) is 28.7 Å². The fourth-order valence-corrected chi connectivity index (χ4v) is 2.58. The van der Waals surface area contributed by atoms with Crippen LogP contribution in [0.1, 0.15) is 25.6 Å². The van der Waals surface area contributed by atoms with Crippen molar-refractivity contribution >= 4 is 23.2 Å². The van der Waals surface area contributed by atoms with E-state index in [1.165, 1.54) is 12.1 Å². The zero-order chi connectivity index (χ0) is 14.9. The number of nitrogens with two attached hydrogens (primary N) is 1. The molecule has 0 aliphatic carbocycles. The summed E-state index contributed by atoms with van der Waals surface area (Å²) in [6, 6.07) is 2.69. The number of nitrogens with one attached hydrogen (secondary N) is 1. The molecule has 2 rings (SSSR count). The van der Waals surface area contributed by atoms with Gasteiger partial charge in [-0.1, -0.05) is 37.0 Å². The Balaban J connectivity index is 2.41. The summed E-state index contributed by atoms with van der Waals surface area (Å²) in [7, 11) is 0. The van der Waals surface area contributed by atoms with Crippen LogP contribution in [0.2, 0.25) is 10.0 Å². The second kappa shape index (κ2) is 6.12. The Kier molecular flexibility index (Phi) is 4.68. The Morgan fingerprint density at radius 2 is 2.00 bits per heavy atom. The second-order valence-corrected chi connectivity index (χ2v) is 5.83. The molecule has 0 aliphatic heterocycles. The smallest absolute Gasteiger partial charge is 0.142 e. The Labute approximate surface area is 127 Å². The molecule has 0 radical (unpaired) electrons. The van der Waals surface area contributed by atoms with Crippen LogP contribution in [0.5, 0.6) is 0 Å². The highest BCUT2D eigenvalue weighted by atomic mass is 35.5. The van der Waals surface area contributed by atoms with Crippen molar-refractivity contribution < 1.29 is 4.39 Å². The molecule has 1 heterocycles. The van der Waals surface area contributed by atoms with Gasteiger partial charge in [0, 0.05) is 18.0 Å².